The molecule has 6 nitrogen and oxygen atoms in total. The number of halogens is 1. The number of fused-ring (bicyclic) bond motifs is 1. The average molecular weight is 388 g/mol. The molecule has 1 N–H and O–H groups in total. The monoisotopic (exact) mass is 387 g/mol. The molecule has 0 spiro atoms. The van der Waals surface area contributed by atoms with Gasteiger partial charge in [0, 0.05) is 17.3 Å². The van der Waals surface area contributed by atoms with Crippen LogP contribution in [-0.2, 0) is 4.79 Å². The maximum Gasteiger partial charge on any atom is 0.326 e. The molecule has 0 bridgehead atoms. The minimum atomic E-state index is -0.916. The lowest BCUT2D eigenvalue weighted by Crippen LogP contribution is -2.46. The quantitative estimate of drug-likeness (QED) is 0.871. The van der Waals surface area contributed by atoms with E-state index < -0.39 is 12.0 Å². The van der Waals surface area contributed by atoms with E-state index in [1.54, 1.807) is 34.8 Å². The fourth-order valence-corrected chi connectivity index (χ4v) is 4.63. The zero-order valence-corrected chi connectivity index (χ0v) is 15.9. The van der Waals surface area contributed by atoms with Crippen LogP contribution in [0.15, 0.2) is 30.5 Å². The summed E-state index contributed by atoms with van der Waals surface area (Å²) >= 11 is 5.94. The highest BCUT2D eigenvalue weighted by molar-refractivity contribution is 6.30. The number of carboxylic acids is 1. The van der Waals surface area contributed by atoms with Crippen molar-refractivity contribution in [1.29, 1.82) is 0 Å². The first kappa shape index (κ1) is 18.0. The third kappa shape index (κ3) is 3.23. The summed E-state index contributed by atoms with van der Waals surface area (Å²) in [6.45, 7) is 1.78. The van der Waals surface area contributed by atoms with Gasteiger partial charge < -0.3 is 10.0 Å². The molecule has 142 valence electrons. The molecule has 1 aromatic heterocycles. The standard InChI is InChI=1S/C20H22ClN3O3/c1-12-16(11-23(22-12)15-8-6-14(21)7-9-15)19(25)24-17-5-3-2-4-13(17)10-18(24)20(26)27/h6-9,11,13,17-18H,2-5,10H2,1H3,(H,26,27). The van der Waals surface area contributed by atoms with Gasteiger partial charge in [0.25, 0.3) is 5.91 Å². The van der Waals surface area contributed by atoms with E-state index >= 15 is 0 Å². The number of carboxylic acid groups (broad SMARTS) is 1. The van der Waals surface area contributed by atoms with E-state index in [2.05, 4.69) is 5.10 Å². The van der Waals surface area contributed by atoms with Crippen LogP contribution in [0.1, 0.15) is 48.2 Å². The second kappa shape index (κ2) is 7.00. The van der Waals surface area contributed by atoms with Gasteiger partial charge in [-0.3, -0.25) is 4.79 Å². The lowest BCUT2D eigenvalue weighted by atomic mass is 9.84. The highest BCUT2D eigenvalue weighted by Gasteiger charge is 2.48. The molecule has 1 amide bonds. The SMILES string of the molecule is Cc1nn(-c2ccc(Cl)cc2)cc1C(=O)N1C(C(=O)O)CC2CCCCC21. The Balaban J connectivity index is 1.67. The molecule has 27 heavy (non-hydrogen) atoms. The number of nitrogens with zero attached hydrogens (tertiary/aromatic N) is 3. The van der Waals surface area contributed by atoms with E-state index in [4.69, 9.17) is 11.6 Å². The third-order valence-electron chi connectivity index (χ3n) is 5.83. The van der Waals surface area contributed by atoms with Crippen LogP contribution >= 0.6 is 11.6 Å². The molecule has 7 heteroatoms. The van der Waals surface area contributed by atoms with Crippen LogP contribution in [0.3, 0.4) is 0 Å². The Morgan fingerprint density at radius 1 is 1.19 bits per heavy atom. The molecular weight excluding hydrogens is 366 g/mol. The van der Waals surface area contributed by atoms with Gasteiger partial charge in [0.2, 0.25) is 0 Å². The number of benzene rings is 1. The smallest absolute Gasteiger partial charge is 0.326 e. The lowest BCUT2D eigenvalue weighted by Gasteiger charge is -2.32. The van der Waals surface area contributed by atoms with Crippen molar-refractivity contribution < 1.29 is 14.7 Å². The van der Waals surface area contributed by atoms with Gasteiger partial charge in [0.15, 0.2) is 0 Å². The van der Waals surface area contributed by atoms with Crippen LogP contribution in [-0.4, -0.2) is 43.7 Å². The topological polar surface area (TPSA) is 75.4 Å². The minimum absolute atomic E-state index is 0.0191. The highest BCUT2D eigenvalue weighted by Crippen LogP contribution is 2.40. The number of hydrogen-bond acceptors (Lipinski definition) is 3. The first-order valence-corrected chi connectivity index (χ1v) is 9.71. The van der Waals surface area contributed by atoms with E-state index in [-0.39, 0.29) is 17.9 Å². The Labute approximate surface area is 162 Å². The van der Waals surface area contributed by atoms with Gasteiger partial charge in [0.05, 0.1) is 16.9 Å². The van der Waals surface area contributed by atoms with Gasteiger partial charge in [0.1, 0.15) is 6.04 Å². The summed E-state index contributed by atoms with van der Waals surface area (Å²) < 4.78 is 1.64. The number of aromatic nitrogens is 2. The predicted molar refractivity (Wildman–Crippen MR) is 101 cm³/mol. The summed E-state index contributed by atoms with van der Waals surface area (Å²) in [5.74, 6) is -0.856. The van der Waals surface area contributed by atoms with Gasteiger partial charge in [-0.1, -0.05) is 24.4 Å². The molecule has 2 heterocycles. The third-order valence-corrected chi connectivity index (χ3v) is 6.08. The number of aryl methyl sites for hydroxylation is 1. The Morgan fingerprint density at radius 3 is 2.59 bits per heavy atom. The first-order valence-electron chi connectivity index (χ1n) is 9.33. The number of amides is 1. The number of carbonyl (C=O) groups excluding carboxylic acids is 1. The van der Waals surface area contributed by atoms with Gasteiger partial charge in [-0.2, -0.15) is 5.10 Å². The summed E-state index contributed by atoms with van der Waals surface area (Å²) in [6, 6.07) is 6.47. The largest absolute Gasteiger partial charge is 0.480 e. The fraction of sp³-hybridized carbons (Fsp3) is 0.450. The van der Waals surface area contributed by atoms with Crippen molar-refractivity contribution >= 4 is 23.5 Å². The number of carbonyl (C=O) groups is 2. The molecular formula is C20H22ClN3O3. The average Bonchev–Trinajstić information content (AvgIpc) is 3.23. The summed E-state index contributed by atoms with van der Waals surface area (Å²) in [7, 11) is 0. The normalized spacial score (nSPS) is 24.7. The Bertz CT molecular complexity index is 877. The molecule has 0 radical (unpaired) electrons. The molecule has 4 rings (SSSR count). The van der Waals surface area contributed by atoms with Crippen molar-refractivity contribution in [3.05, 3.63) is 46.7 Å². The zero-order chi connectivity index (χ0) is 19.1. The summed E-state index contributed by atoms with van der Waals surface area (Å²) in [4.78, 5) is 26.7. The molecule has 2 aliphatic rings. The van der Waals surface area contributed by atoms with Gasteiger partial charge in [-0.25, -0.2) is 9.48 Å². The molecule has 1 aliphatic carbocycles. The van der Waals surface area contributed by atoms with E-state index in [0.29, 0.717) is 22.7 Å². The summed E-state index contributed by atoms with van der Waals surface area (Å²) in [5, 5.41) is 14.8. The molecule has 3 unspecified atom stereocenters. The van der Waals surface area contributed by atoms with Crippen molar-refractivity contribution in [2.45, 2.75) is 51.1 Å². The van der Waals surface area contributed by atoms with Crippen molar-refractivity contribution in [2.24, 2.45) is 5.92 Å². The number of aliphatic carboxylic acids is 1. The highest BCUT2D eigenvalue weighted by atomic mass is 35.5. The molecule has 1 saturated heterocycles. The Morgan fingerprint density at radius 2 is 1.89 bits per heavy atom. The Kier molecular flexibility index (Phi) is 4.68. The molecule has 2 aromatic rings. The fourth-order valence-electron chi connectivity index (χ4n) is 4.51. The van der Waals surface area contributed by atoms with Crippen molar-refractivity contribution in [1.82, 2.24) is 14.7 Å². The van der Waals surface area contributed by atoms with Crippen molar-refractivity contribution in [2.75, 3.05) is 0 Å². The number of rotatable bonds is 3. The molecule has 1 saturated carbocycles. The summed E-state index contributed by atoms with van der Waals surface area (Å²) in [5.41, 5.74) is 1.86. The maximum atomic E-state index is 13.3. The van der Waals surface area contributed by atoms with Crippen LogP contribution in [0.25, 0.3) is 5.69 Å². The van der Waals surface area contributed by atoms with E-state index in [1.807, 2.05) is 12.1 Å². The zero-order valence-electron chi connectivity index (χ0n) is 15.1. The molecule has 1 aromatic carbocycles. The first-order chi connectivity index (χ1) is 13.0. The molecule has 1 aliphatic heterocycles. The lowest BCUT2D eigenvalue weighted by molar-refractivity contribution is -0.141. The van der Waals surface area contributed by atoms with E-state index in [9.17, 15) is 14.7 Å². The van der Waals surface area contributed by atoms with Gasteiger partial charge >= 0.3 is 5.97 Å². The maximum absolute atomic E-state index is 13.3. The van der Waals surface area contributed by atoms with Crippen molar-refractivity contribution in [3.8, 4) is 5.69 Å². The minimum Gasteiger partial charge on any atom is -0.480 e. The second-order valence-electron chi connectivity index (χ2n) is 7.46. The molecule has 3 atom stereocenters. The van der Waals surface area contributed by atoms with Crippen LogP contribution in [0, 0.1) is 12.8 Å². The predicted octanol–water partition coefficient (Wildman–Crippen LogP) is 3.69. The van der Waals surface area contributed by atoms with Crippen molar-refractivity contribution in [3.63, 3.8) is 0 Å². The summed E-state index contributed by atoms with van der Waals surface area (Å²) in [6.07, 6.45) is 6.28. The number of hydrogen-bond donors (Lipinski definition) is 1. The number of likely N-dealkylation sites (tertiary alicyclic amines) is 1. The van der Waals surface area contributed by atoms with E-state index in [0.717, 1.165) is 31.4 Å². The Hall–Kier alpha value is -2.34. The van der Waals surface area contributed by atoms with Crippen LogP contribution in [0.2, 0.25) is 5.02 Å². The van der Waals surface area contributed by atoms with Crippen LogP contribution in [0.4, 0.5) is 0 Å². The molecule has 2 fully saturated rings. The second-order valence-corrected chi connectivity index (χ2v) is 7.90. The van der Waals surface area contributed by atoms with Crippen LogP contribution in [0.5, 0.6) is 0 Å². The van der Waals surface area contributed by atoms with Gasteiger partial charge in [-0.15, -0.1) is 0 Å². The van der Waals surface area contributed by atoms with Crippen LogP contribution < -0.4 is 0 Å². The van der Waals surface area contributed by atoms with E-state index in [1.165, 1.54) is 0 Å². The van der Waals surface area contributed by atoms with Gasteiger partial charge in [-0.05, 0) is 56.4 Å².